The van der Waals surface area contributed by atoms with E-state index in [1.165, 1.54) is 11.1 Å². The zero-order chi connectivity index (χ0) is 20.2. The summed E-state index contributed by atoms with van der Waals surface area (Å²) in [7, 11) is 0. The summed E-state index contributed by atoms with van der Waals surface area (Å²) in [4.78, 5) is 5.01. The molecule has 158 valence electrons. The zero-order valence-electron chi connectivity index (χ0n) is 18.2. The van der Waals surface area contributed by atoms with Crippen molar-refractivity contribution in [3.8, 4) is 0 Å². The second-order valence-electron chi connectivity index (χ2n) is 8.03. The van der Waals surface area contributed by atoms with E-state index in [-0.39, 0.29) is 0 Å². The van der Waals surface area contributed by atoms with Crippen LogP contribution >= 0.6 is 0 Å². The van der Waals surface area contributed by atoms with E-state index in [2.05, 4.69) is 49.0 Å². The summed E-state index contributed by atoms with van der Waals surface area (Å²) in [6, 6.07) is 0. The molecule has 28 heavy (non-hydrogen) atoms. The number of rotatable bonds is 11. The van der Waals surface area contributed by atoms with E-state index < -0.39 is 0 Å². The first-order valence-electron chi connectivity index (χ1n) is 10.8. The van der Waals surface area contributed by atoms with Gasteiger partial charge in [-0.1, -0.05) is 34.4 Å². The van der Waals surface area contributed by atoms with Crippen LogP contribution in [0.5, 0.6) is 0 Å². The number of morpholine rings is 2. The molecule has 2 heterocycles. The molecular weight excluding hydrogens is 348 g/mol. The van der Waals surface area contributed by atoms with E-state index in [1.807, 2.05) is 0 Å². The molecule has 2 saturated heterocycles. The monoisotopic (exact) mass is 388 g/mol. The molecule has 0 radical (unpaired) electrons. The molecule has 0 aromatic heterocycles. The maximum absolute atomic E-state index is 5.48. The fraction of sp³-hybridized carbons (Fsp3) is 0.667. The summed E-state index contributed by atoms with van der Waals surface area (Å²) in [6.45, 7) is 22.3. The van der Waals surface area contributed by atoms with Crippen LogP contribution in [0.3, 0.4) is 0 Å². The summed E-state index contributed by atoms with van der Waals surface area (Å²) < 4.78 is 11.0. The molecule has 2 aliphatic rings. The molecule has 0 spiro atoms. The van der Waals surface area contributed by atoms with Gasteiger partial charge in [-0.15, -0.1) is 13.2 Å². The van der Waals surface area contributed by atoms with E-state index in [1.54, 1.807) is 11.1 Å². The highest BCUT2D eigenvalue weighted by molar-refractivity contribution is 5.22. The molecule has 0 unspecified atom stereocenters. The molecule has 2 fully saturated rings. The minimum atomic E-state index is 0.858. The number of nitrogens with zero attached hydrogens (tertiary/aromatic N) is 2. The number of allylic oxidation sites excluding steroid dienone is 4. The van der Waals surface area contributed by atoms with Crippen molar-refractivity contribution in [2.24, 2.45) is 0 Å². The number of hydrogen-bond acceptors (Lipinski definition) is 4. The van der Waals surface area contributed by atoms with Crippen molar-refractivity contribution in [3.63, 3.8) is 0 Å². The number of hydrogen-bond donors (Lipinski definition) is 0. The fourth-order valence-corrected chi connectivity index (χ4v) is 4.04. The molecule has 0 atom stereocenters. The summed E-state index contributed by atoms with van der Waals surface area (Å²) in [5.41, 5.74) is 6.10. The largest absolute Gasteiger partial charge is 0.379 e. The summed E-state index contributed by atoms with van der Waals surface area (Å²) in [6.07, 6.45) is 8.31. The molecule has 0 N–H and O–H groups in total. The van der Waals surface area contributed by atoms with E-state index in [9.17, 15) is 0 Å². The smallest absolute Gasteiger partial charge is 0.0594 e. The molecule has 0 saturated carbocycles. The second-order valence-corrected chi connectivity index (χ2v) is 8.03. The molecule has 0 amide bonds. The van der Waals surface area contributed by atoms with Gasteiger partial charge >= 0.3 is 0 Å². The van der Waals surface area contributed by atoms with Gasteiger partial charge in [-0.25, -0.2) is 0 Å². The lowest BCUT2D eigenvalue weighted by atomic mass is 9.94. The maximum Gasteiger partial charge on any atom is 0.0594 e. The van der Waals surface area contributed by atoms with Gasteiger partial charge in [-0.3, -0.25) is 9.80 Å². The van der Waals surface area contributed by atoms with Crippen LogP contribution in [0.4, 0.5) is 0 Å². The third-order valence-corrected chi connectivity index (χ3v) is 5.85. The summed E-state index contributed by atoms with van der Waals surface area (Å²) in [5.74, 6) is 0. The first-order valence-corrected chi connectivity index (χ1v) is 10.8. The van der Waals surface area contributed by atoms with Crippen LogP contribution < -0.4 is 0 Å². The van der Waals surface area contributed by atoms with Gasteiger partial charge in [0.25, 0.3) is 0 Å². The van der Waals surface area contributed by atoms with Crippen LogP contribution in [0, 0.1) is 0 Å². The molecular formula is C24H40N2O2. The Morgan fingerprint density at radius 3 is 1.39 bits per heavy atom. The quantitative estimate of drug-likeness (QED) is 0.495. The topological polar surface area (TPSA) is 24.9 Å². The van der Waals surface area contributed by atoms with Crippen molar-refractivity contribution < 1.29 is 9.47 Å². The molecule has 0 aromatic rings. The van der Waals surface area contributed by atoms with Crippen molar-refractivity contribution in [1.82, 2.24) is 9.80 Å². The van der Waals surface area contributed by atoms with Crippen LogP contribution in [0.25, 0.3) is 0 Å². The number of ether oxygens (including phenoxy) is 2. The third kappa shape index (κ3) is 8.04. The Morgan fingerprint density at radius 1 is 0.714 bits per heavy atom. The lowest BCUT2D eigenvalue weighted by Gasteiger charge is -2.28. The van der Waals surface area contributed by atoms with Crippen molar-refractivity contribution >= 4 is 0 Å². The second kappa shape index (κ2) is 13.1. The van der Waals surface area contributed by atoms with E-state index in [4.69, 9.17) is 9.47 Å². The van der Waals surface area contributed by atoms with Gasteiger partial charge in [0.05, 0.1) is 26.4 Å². The van der Waals surface area contributed by atoms with Gasteiger partial charge in [0.2, 0.25) is 0 Å². The SMILES string of the molecule is C=CC/C(CC/C(CC=C)=C(\C)CN1CCOCC1)=C(/C)CN1CCOCC1. The Labute approximate surface area is 172 Å². The van der Waals surface area contributed by atoms with Gasteiger partial charge in [-0.2, -0.15) is 0 Å². The maximum atomic E-state index is 5.48. The van der Waals surface area contributed by atoms with Crippen LogP contribution in [0.1, 0.15) is 39.5 Å². The normalized spacial score (nSPS) is 21.1. The van der Waals surface area contributed by atoms with Crippen molar-refractivity contribution in [3.05, 3.63) is 47.6 Å². The fourth-order valence-electron chi connectivity index (χ4n) is 4.04. The molecule has 0 bridgehead atoms. The third-order valence-electron chi connectivity index (χ3n) is 5.85. The standard InChI is InChI=1S/C24H40N2O2/c1-5-7-23(21(3)19-25-11-15-27-16-12-25)9-10-24(8-6-2)22(4)20-26-13-17-28-18-14-26/h5-6H,1-2,7-20H2,3-4H3/b23-21+,24-22+. The first-order chi connectivity index (χ1) is 13.6. The highest BCUT2D eigenvalue weighted by atomic mass is 16.5. The Morgan fingerprint density at radius 2 is 1.07 bits per heavy atom. The minimum Gasteiger partial charge on any atom is -0.379 e. The Bertz CT molecular complexity index is 503. The van der Waals surface area contributed by atoms with Crippen molar-refractivity contribution in [2.45, 2.75) is 39.5 Å². The van der Waals surface area contributed by atoms with Crippen LogP contribution in [0.2, 0.25) is 0 Å². The Hall–Kier alpha value is -1.20. The molecule has 0 aromatic carbocycles. The highest BCUT2D eigenvalue weighted by Crippen LogP contribution is 2.24. The van der Waals surface area contributed by atoms with E-state index in [0.29, 0.717) is 0 Å². The van der Waals surface area contributed by atoms with Gasteiger partial charge < -0.3 is 9.47 Å². The first kappa shape index (κ1) is 23.1. The molecule has 4 nitrogen and oxygen atoms in total. The molecule has 2 rings (SSSR count). The van der Waals surface area contributed by atoms with E-state index in [0.717, 1.165) is 91.4 Å². The van der Waals surface area contributed by atoms with Gasteiger partial charge in [0.15, 0.2) is 0 Å². The van der Waals surface area contributed by atoms with Crippen LogP contribution in [-0.4, -0.2) is 75.5 Å². The molecule has 2 aliphatic heterocycles. The average molecular weight is 389 g/mol. The van der Waals surface area contributed by atoms with Gasteiger partial charge in [0, 0.05) is 39.3 Å². The zero-order valence-corrected chi connectivity index (χ0v) is 18.2. The summed E-state index contributed by atoms with van der Waals surface area (Å²) in [5, 5.41) is 0. The predicted molar refractivity (Wildman–Crippen MR) is 119 cm³/mol. The Balaban J connectivity index is 1.99. The van der Waals surface area contributed by atoms with E-state index >= 15 is 0 Å². The average Bonchev–Trinajstić information content (AvgIpc) is 2.71. The molecule has 4 heteroatoms. The lowest BCUT2D eigenvalue weighted by molar-refractivity contribution is 0.0420. The van der Waals surface area contributed by atoms with Gasteiger partial charge in [-0.05, 0) is 39.5 Å². The summed E-state index contributed by atoms with van der Waals surface area (Å²) >= 11 is 0. The highest BCUT2D eigenvalue weighted by Gasteiger charge is 2.14. The van der Waals surface area contributed by atoms with Crippen LogP contribution in [0.15, 0.2) is 47.6 Å². The predicted octanol–water partition coefficient (Wildman–Crippen LogP) is 4.22. The van der Waals surface area contributed by atoms with Crippen LogP contribution in [-0.2, 0) is 9.47 Å². The molecule has 0 aliphatic carbocycles. The van der Waals surface area contributed by atoms with Crippen molar-refractivity contribution in [1.29, 1.82) is 0 Å². The Kier molecular flexibility index (Phi) is 10.8. The lowest BCUT2D eigenvalue weighted by Crippen LogP contribution is -2.37. The minimum absolute atomic E-state index is 0.858. The van der Waals surface area contributed by atoms with Crippen molar-refractivity contribution in [2.75, 3.05) is 65.7 Å². The van der Waals surface area contributed by atoms with Gasteiger partial charge in [0.1, 0.15) is 0 Å².